The molecule has 330 valence electrons. The standard InChI is InChI=1S/C32H41N10O15P3S/c1-40(2)18-6-8-20-23(13-18)61-24-14-19(7-9-21(24)39-20)41(3)12-4-5-25(43)34-10-11-35-32(45)55-28-22(15-53-59(49,50)57-60(51,52)56-58(46,47)48)54-31(27(28)44)42-17-38-26-29(33)36-16-37-30(26)42/h6-9,13-14,16-17,22,27-28,31,44H,4-5,10-12,15H2,1-3H3,(H7-,33,34,35,36,37,43,45,46,47,48,49,50,51,52)/p+1/t22-,27-,28-,31-/m1/s1. The van der Waals surface area contributed by atoms with Gasteiger partial charge in [0.1, 0.15) is 38.1 Å². The summed E-state index contributed by atoms with van der Waals surface area (Å²) in [6.45, 7) is -0.623. The molecule has 6 rings (SSSR count). The summed E-state index contributed by atoms with van der Waals surface area (Å²) in [6, 6.07) is 12.2. The Morgan fingerprint density at radius 3 is 2.51 bits per heavy atom. The number of benzene rings is 2. The van der Waals surface area contributed by atoms with Crippen LogP contribution in [-0.2, 0) is 41.1 Å². The molecule has 6 atom stereocenters. The van der Waals surface area contributed by atoms with Crippen LogP contribution in [0.5, 0.6) is 0 Å². The Balaban J connectivity index is 1.000. The van der Waals surface area contributed by atoms with Gasteiger partial charge in [0.05, 0.1) is 33.7 Å². The zero-order valence-corrected chi connectivity index (χ0v) is 35.9. The summed E-state index contributed by atoms with van der Waals surface area (Å²) in [5, 5.41) is 17.4. The van der Waals surface area contributed by atoms with E-state index in [0.29, 0.717) is 13.0 Å². The fraction of sp³-hybridized carbons (Fsp3) is 0.406. The molecule has 61 heavy (non-hydrogen) atoms. The molecule has 2 amide bonds. The smallest absolute Gasteiger partial charge is 0.440 e. The molecule has 0 bridgehead atoms. The van der Waals surface area contributed by atoms with E-state index >= 15 is 0 Å². The second-order valence-corrected chi connectivity index (χ2v) is 19.1. The number of hydrogen-bond acceptors (Lipinski definition) is 18. The number of nitrogens with zero attached hydrogens (tertiary/aromatic N) is 7. The Labute approximate surface area is 349 Å². The Bertz CT molecular complexity index is 2610. The first-order valence-corrected chi connectivity index (χ1v) is 23.3. The highest BCUT2D eigenvalue weighted by Gasteiger charge is 2.49. The van der Waals surface area contributed by atoms with Crippen molar-refractivity contribution in [2.45, 2.75) is 37.4 Å². The van der Waals surface area contributed by atoms with Crippen molar-refractivity contribution >= 4 is 79.7 Å². The van der Waals surface area contributed by atoms with Crippen LogP contribution in [-0.4, -0.2) is 127 Å². The van der Waals surface area contributed by atoms with Gasteiger partial charge in [0.2, 0.25) is 11.3 Å². The second-order valence-electron chi connectivity index (χ2n) is 13.6. The van der Waals surface area contributed by atoms with Gasteiger partial charge < -0.3 is 55.4 Å². The molecule has 25 nitrogen and oxygen atoms in total. The molecule has 4 heterocycles. The zero-order valence-electron chi connectivity index (χ0n) is 32.4. The minimum atomic E-state index is -5.85. The molecule has 9 N–H and O–H groups in total. The SMILES string of the molecule is CN(CCCC(=O)NCCNC(=O)O[C@H]1[C@@H](O)[C@H](n2cnc3c(N)ncnc32)O[C@@H]1COP(=O)(O)OP(=O)(O)OP(=O)(O)O)c1ccc2nc3ccc(=[N+](C)C)cc-3sc2c1. The summed E-state index contributed by atoms with van der Waals surface area (Å²) in [5.41, 5.74) is 8.82. The second kappa shape index (κ2) is 18.8. The van der Waals surface area contributed by atoms with Crippen LogP contribution in [0.15, 0.2) is 49.1 Å². The van der Waals surface area contributed by atoms with Crippen molar-refractivity contribution in [1.82, 2.24) is 39.7 Å². The summed E-state index contributed by atoms with van der Waals surface area (Å²) in [4.78, 5) is 82.4. The lowest BCUT2D eigenvalue weighted by Gasteiger charge is -2.22. The molecule has 0 saturated carbocycles. The quantitative estimate of drug-likeness (QED) is 0.0278. The number of nitrogens with one attached hydrogen (secondary N) is 2. The number of hydrogen-bond donors (Lipinski definition) is 8. The van der Waals surface area contributed by atoms with Gasteiger partial charge in [-0.15, -0.1) is 11.3 Å². The van der Waals surface area contributed by atoms with Crippen LogP contribution in [0.3, 0.4) is 0 Å². The minimum Gasteiger partial charge on any atom is -0.440 e. The van der Waals surface area contributed by atoms with Gasteiger partial charge in [-0.2, -0.15) is 8.62 Å². The fourth-order valence-electron chi connectivity index (χ4n) is 6.10. The first kappa shape index (κ1) is 46.0. The van der Waals surface area contributed by atoms with Crippen LogP contribution in [0.25, 0.3) is 32.0 Å². The van der Waals surface area contributed by atoms with E-state index in [4.69, 9.17) is 30.0 Å². The van der Waals surface area contributed by atoms with Crippen LogP contribution < -0.4 is 31.2 Å². The van der Waals surface area contributed by atoms with Crippen LogP contribution in [0, 0.1) is 0 Å². The number of aliphatic hydroxyl groups is 1. The molecule has 1 aliphatic carbocycles. The monoisotopic (exact) mass is 931 g/mol. The Hall–Kier alpha value is -4.52. The molecule has 1 saturated heterocycles. The number of alkyl carbamates (subject to hydrolysis) is 1. The zero-order chi connectivity index (χ0) is 44.3. The van der Waals surface area contributed by atoms with Crippen molar-refractivity contribution in [3.8, 4) is 10.6 Å². The van der Waals surface area contributed by atoms with Crippen molar-refractivity contribution in [1.29, 1.82) is 0 Å². The lowest BCUT2D eigenvalue weighted by molar-refractivity contribution is -0.121. The van der Waals surface area contributed by atoms with Gasteiger partial charge in [-0.1, -0.05) is 0 Å². The van der Waals surface area contributed by atoms with Crippen molar-refractivity contribution in [2.24, 2.45) is 0 Å². The van der Waals surface area contributed by atoms with Gasteiger partial charge >= 0.3 is 29.6 Å². The number of imidazole rings is 1. The molecule has 1 aromatic carbocycles. The average Bonchev–Trinajstić information content (AvgIpc) is 3.73. The first-order valence-electron chi connectivity index (χ1n) is 18.0. The number of nitrogens with two attached hydrogens (primary N) is 1. The molecule has 0 radical (unpaired) electrons. The Kier molecular flexibility index (Phi) is 14.2. The maximum atomic E-state index is 12.9. The molecule has 3 aliphatic rings. The van der Waals surface area contributed by atoms with Gasteiger partial charge in [0.15, 0.2) is 23.8 Å². The first-order chi connectivity index (χ1) is 28.7. The number of nitrogen functional groups attached to an aromatic ring is 1. The number of ether oxygens (including phenoxy) is 2. The maximum Gasteiger partial charge on any atom is 0.490 e. The predicted octanol–water partition coefficient (Wildman–Crippen LogP) is 0.884. The number of rotatable bonds is 17. The molecule has 2 unspecified atom stereocenters. The van der Waals surface area contributed by atoms with Crippen LogP contribution in [0.2, 0.25) is 0 Å². The van der Waals surface area contributed by atoms with Gasteiger partial charge in [-0.25, -0.2) is 43.0 Å². The number of anilines is 2. The lowest BCUT2D eigenvalue weighted by Crippen LogP contribution is -2.42. The van der Waals surface area contributed by atoms with Gasteiger partial charge in [-0.05, 0) is 30.7 Å². The number of aliphatic hydroxyl groups excluding tert-OH is 1. The molecular weight excluding hydrogens is 889 g/mol. The normalized spacial score (nSPS) is 20.0. The third-order valence-electron chi connectivity index (χ3n) is 8.95. The van der Waals surface area contributed by atoms with Crippen molar-refractivity contribution in [3.63, 3.8) is 0 Å². The summed E-state index contributed by atoms with van der Waals surface area (Å²) in [5.74, 6) is -0.290. The van der Waals surface area contributed by atoms with E-state index in [1.807, 2.05) is 54.9 Å². The van der Waals surface area contributed by atoms with E-state index in [2.05, 4.69) is 50.9 Å². The van der Waals surface area contributed by atoms with E-state index in [9.17, 15) is 38.2 Å². The van der Waals surface area contributed by atoms with E-state index < -0.39 is 60.7 Å². The summed E-state index contributed by atoms with van der Waals surface area (Å²) in [6.07, 6.45) is -4.58. The highest BCUT2D eigenvalue weighted by atomic mass is 32.1. The Morgan fingerprint density at radius 2 is 1.77 bits per heavy atom. The van der Waals surface area contributed by atoms with Crippen LogP contribution >= 0.6 is 34.8 Å². The predicted molar refractivity (Wildman–Crippen MR) is 217 cm³/mol. The molecule has 2 aliphatic heterocycles. The third kappa shape index (κ3) is 11.9. The summed E-state index contributed by atoms with van der Waals surface area (Å²) < 4.78 is 62.7. The van der Waals surface area contributed by atoms with Gasteiger partial charge in [0, 0.05) is 50.9 Å². The van der Waals surface area contributed by atoms with E-state index in [0.717, 1.165) is 38.2 Å². The fourth-order valence-corrected chi connectivity index (χ4v) is 10.2. The Morgan fingerprint density at radius 1 is 1.02 bits per heavy atom. The number of phosphoric ester groups is 1. The minimum absolute atomic E-state index is 0.00367. The van der Waals surface area contributed by atoms with Crippen molar-refractivity contribution in [3.05, 3.63) is 54.4 Å². The molecule has 29 heteroatoms. The molecular formula is C32H42N10O15P3S+. The number of phosphoric acid groups is 3. The summed E-state index contributed by atoms with van der Waals surface area (Å²) in [7, 11) is -11.3. The van der Waals surface area contributed by atoms with Gasteiger partial charge in [-0.3, -0.25) is 13.9 Å². The topological polar surface area (TPSA) is 345 Å². The van der Waals surface area contributed by atoms with Crippen LogP contribution in [0.4, 0.5) is 16.3 Å². The third-order valence-corrected chi connectivity index (χ3v) is 13.8. The highest BCUT2D eigenvalue weighted by Crippen LogP contribution is 2.66. The number of amides is 2. The van der Waals surface area contributed by atoms with Crippen LogP contribution in [0.1, 0.15) is 19.1 Å². The average molecular weight is 932 g/mol. The van der Waals surface area contributed by atoms with E-state index in [1.165, 1.54) is 10.9 Å². The van der Waals surface area contributed by atoms with E-state index in [1.54, 1.807) is 11.3 Å². The highest BCUT2D eigenvalue weighted by molar-refractivity contribution is 7.66. The van der Waals surface area contributed by atoms with Gasteiger partial charge in [0.25, 0.3) is 0 Å². The molecule has 1 fully saturated rings. The number of carbonyl (C=O) groups excluding carboxylic acids is 2. The number of fused-ring (bicyclic) bond motifs is 3. The van der Waals surface area contributed by atoms with Crippen molar-refractivity contribution < 1.29 is 70.6 Å². The maximum absolute atomic E-state index is 12.9. The molecule has 2 aromatic heterocycles. The number of aromatic nitrogens is 5. The number of carbonyl (C=O) groups is 2. The largest absolute Gasteiger partial charge is 0.490 e. The molecule has 3 aromatic rings. The summed E-state index contributed by atoms with van der Waals surface area (Å²) >= 11 is 1.65. The van der Waals surface area contributed by atoms with E-state index in [-0.39, 0.29) is 42.4 Å². The van der Waals surface area contributed by atoms with Crippen molar-refractivity contribution in [2.75, 3.05) is 58.0 Å². The lowest BCUT2D eigenvalue weighted by atomic mass is 10.1. The molecule has 0 spiro atoms.